The van der Waals surface area contributed by atoms with Gasteiger partial charge < -0.3 is 11.1 Å². The predicted octanol–water partition coefficient (Wildman–Crippen LogP) is 0.204. The Balaban J connectivity index is 1.97. The Hall–Kier alpha value is -2.21. The zero-order valence-corrected chi connectivity index (χ0v) is 10.1. The molecule has 0 aliphatic heterocycles. The van der Waals surface area contributed by atoms with E-state index < -0.39 is 0 Å². The zero-order valence-electron chi connectivity index (χ0n) is 10.1. The van der Waals surface area contributed by atoms with Gasteiger partial charge in [-0.15, -0.1) is 0 Å². The highest BCUT2D eigenvalue weighted by atomic mass is 16.1. The molecule has 6 heteroatoms. The van der Waals surface area contributed by atoms with Crippen LogP contribution in [0.5, 0.6) is 0 Å². The molecule has 0 atom stereocenters. The Kier molecular flexibility index (Phi) is 3.69. The average molecular weight is 245 g/mol. The highest BCUT2D eigenvalue weighted by molar-refractivity contribution is 5.92. The smallest absolute Gasteiger partial charge is 0.270 e. The first kappa shape index (κ1) is 12.3. The standard InChI is InChI=1S/C12H15N5O/c1-17-10(4-5-16-17)8-15-12(18)11-3-2-9(6-13)7-14-11/h2-5,7H,6,8,13H2,1H3,(H,15,18). The lowest BCUT2D eigenvalue weighted by molar-refractivity contribution is 0.0945. The summed E-state index contributed by atoms with van der Waals surface area (Å²) in [6, 6.07) is 5.32. The molecule has 0 aliphatic carbocycles. The molecule has 6 nitrogen and oxygen atoms in total. The van der Waals surface area contributed by atoms with Gasteiger partial charge in [0.05, 0.1) is 12.2 Å². The minimum absolute atomic E-state index is 0.209. The summed E-state index contributed by atoms with van der Waals surface area (Å²) in [4.78, 5) is 15.9. The molecule has 2 aromatic heterocycles. The number of hydrogen-bond donors (Lipinski definition) is 2. The van der Waals surface area contributed by atoms with E-state index in [9.17, 15) is 4.79 Å². The van der Waals surface area contributed by atoms with Crippen molar-refractivity contribution in [1.82, 2.24) is 20.1 Å². The maximum atomic E-state index is 11.8. The molecular formula is C12H15N5O. The van der Waals surface area contributed by atoms with Crippen molar-refractivity contribution in [3.8, 4) is 0 Å². The number of aryl methyl sites for hydroxylation is 1. The molecule has 0 spiro atoms. The van der Waals surface area contributed by atoms with Crippen LogP contribution in [0.15, 0.2) is 30.6 Å². The monoisotopic (exact) mass is 245 g/mol. The summed E-state index contributed by atoms with van der Waals surface area (Å²) in [6.07, 6.45) is 3.30. The number of carbonyl (C=O) groups is 1. The Morgan fingerprint density at radius 3 is 2.83 bits per heavy atom. The van der Waals surface area contributed by atoms with Crippen LogP contribution in [-0.4, -0.2) is 20.7 Å². The fraction of sp³-hybridized carbons (Fsp3) is 0.250. The van der Waals surface area contributed by atoms with Gasteiger partial charge in [0.15, 0.2) is 0 Å². The maximum absolute atomic E-state index is 11.8. The molecule has 0 aromatic carbocycles. The molecule has 3 N–H and O–H groups in total. The van der Waals surface area contributed by atoms with Crippen molar-refractivity contribution in [2.75, 3.05) is 0 Å². The molecule has 0 unspecified atom stereocenters. The van der Waals surface area contributed by atoms with Crippen LogP contribution in [0.4, 0.5) is 0 Å². The molecule has 0 fully saturated rings. The second kappa shape index (κ2) is 5.42. The highest BCUT2D eigenvalue weighted by Crippen LogP contribution is 2.01. The van der Waals surface area contributed by atoms with Crippen molar-refractivity contribution >= 4 is 5.91 Å². The van der Waals surface area contributed by atoms with Crippen molar-refractivity contribution in [2.24, 2.45) is 12.8 Å². The number of pyridine rings is 1. The number of carbonyl (C=O) groups excluding carboxylic acids is 1. The van der Waals surface area contributed by atoms with Crippen molar-refractivity contribution in [2.45, 2.75) is 13.1 Å². The minimum atomic E-state index is -0.209. The second-order valence-corrected chi connectivity index (χ2v) is 3.88. The van der Waals surface area contributed by atoms with Crippen LogP contribution in [0.25, 0.3) is 0 Å². The molecule has 0 saturated heterocycles. The van der Waals surface area contributed by atoms with E-state index >= 15 is 0 Å². The Bertz CT molecular complexity index is 532. The molecule has 2 heterocycles. The maximum Gasteiger partial charge on any atom is 0.270 e. The van der Waals surface area contributed by atoms with E-state index in [0.29, 0.717) is 18.8 Å². The summed E-state index contributed by atoms with van der Waals surface area (Å²) in [5, 5.41) is 6.81. The highest BCUT2D eigenvalue weighted by Gasteiger charge is 2.07. The van der Waals surface area contributed by atoms with Crippen molar-refractivity contribution in [1.29, 1.82) is 0 Å². The van der Waals surface area contributed by atoms with Gasteiger partial charge in [-0.05, 0) is 17.7 Å². The van der Waals surface area contributed by atoms with Gasteiger partial charge in [-0.3, -0.25) is 14.5 Å². The Morgan fingerprint density at radius 1 is 1.44 bits per heavy atom. The van der Waals surface area contributed by atoms with Crippen LogP contribution in [0, 0.1) is 0 Å². The lowest BCUT2D eigenvalue weighted by Gasteiger charge is -2.05. The molecule has 2 rings (SSSR count). The van der Waals surface area contributed by atoms with E-state index in [2.05, 4.69) is 15.4 Å². The number of rotatable bonds is 4. The van der Waals surface area contributed by atoms with Crippen molar-refractivity contribution in [3.05, 3.63) is 47.5 Å². The van der Waals surface area contributed by atoms with Crippen LogP contribution in [0.1, 0.15) is 21.7 Å². The first-order valence-electron chi connectivity index (χ1n) is 5.61. The van der Waals surface area contributed by atoms with Crippen LogP contribution < -0.4 is 11.1 Å². The molecular weight excluding hydrogens is 230 g/mol. The lowest BCUT2D eigenvalue weighted by Crippen LogP contribution is -2.25. The summed E-state index contributed by atoms with van der Waals surface area (Å²) in [5.41, 5.74) is 7.68. The third-order valence-electron chi connectivity index (χ3n) is 2.65. The molecule has 0 aliphatic rings. The normalized spacial score (nSPS) is 10.3. The van der Waals surface area contributed by atoms with Crippen LogP contribution in [0.3, 0.4) is 0 Å². The molecule has 0 bridgehead atoms. The van der Waals surface area contributed by atoms with E-state index in [-0.39, 0.29) is 5.91 Å². The number of hydrogen-bond acceptors (Lipinski definition) is 4. The molecule has 0 radical (unpaired) electrons. The first-order valence-corrected chi connectivity index (χ1v) is 5.61. The topological polar surface area (TPSA) is 85.8 Å². The van der Waals surface area contributed by atoms with E-state index in [1.54, 1.807) is 29.2 Å². The summed E-state index contributed by atoms with van der Waals surface area (Å²) >= 11 is 0. The van der Waals surface area contributed by atoms with Gasteiger partial charge in [0.25, 0.3) is 5.91 Å². The largest absolute Gasteiger partial charge is 0.345 e. The van der Waals surface area contributed by atoms with E-state index in [1.807, 2.05) is 13.1 Å². The van der Waals surface area contributed by atoms with Gasteiger partial charge in [0.1, 0.15) is 5.69 Å². The predicted molar refractivity (Wildman–Crippen MR) is 66.5 cm³/mol. The molecule has 0 saturated carbocycles. The minimum Gasteiger partial charge on any atom is -0.345 e. The van der Waals surface area contributed by atoms with Gasteiger partial charge in [0, 0.05) is 26.0 Å². The lowest BCUT2D eigenvalue weighted by atomic mass is 10.2. The third kappa shape index (κ3) is 2.72. The summed E-state index contributed by atoms with van der Waals surface area (Å²) in [7, 11) is 1.83. The van der Waals surface area contributed by atoms with Gasteiger partial charge in [-0.25, -0.2) is 0 Å². The molecule has 1 amide bonds. The van der Waals surface area contributed by atoms with E-state index in [0.717, 1.165) is 11.3 Å². The number of nitrogens with two attached hydrogens (primary N) is 1. The van der Waals surface area contributed by atoms with Gasteiger partial charge in [-0.1, -0.05) is 6.07 Å². The number of aromatic nitrogens is 3. The zero-order chi connectivity index (χ0) is 13.0. The van der Waals surface area contributed by atoms with Crippen LogP contribution >= 0.6 is 0 Å². The van der Waals surface area contributed by atoms with Gasteiger partial charge >= 0.3 is 0 Å². The molecule has 18 heavy (non-hydrogen) atoms. The summed E-state index contributed by atoms with van der Waals surface area (Å²) in [6.45, 7) is 0.847. The van der Waals surface area contributed by atoms with Crippen LogP contribution in [-0.2, 0) is 20.1 Å². The molecule has 94 valence electrons. The van der Waals surface area contributed by atoms with Crippen molar-refractivity contribution in [3.63, 3.8) is 0 Å². The number of nitrogens with one attached hydrogen (secondary N) is 1. The average Bonchev–Trinajstić information content (AvgIpc) is 2.81. The van der Waals surface area contributed by atoms with Crippen LogP contribution in [0.2, 0.25) is 0 Å². The quantitative estimate of drug-likeness (QED) is 0.806. The molecule has 2 aromatic rings. The Morgan fingerprint density at radius 2 is 2.28 bits per heavy atom. The van der Waals surface area contributed by atoms with Crippen molar-refractivity contribution < 1.29 is 4.79 Å². The van der Waals surface area contributed by atoms with Gasteiger partial charge in [0.2, 0.25) is 0 Å². The fourth-order valence-corrected chi connectivity index (χ4v) is 1.52. The number of amides is 1. The third-order valence-corrected chi connectivity index (χ3v) is 2.65. The van der Waals surface area contributed by atoms with Gasteiger partial charge in [-0.2, -0.15) is 5.10 Å². The summed E-state index contributed by atoms with van der Waals surface area (Å²) < 4.78 is 1.71. The summed E-state index contributed by atoms with van der Waals surface area (Å²) in [5.74, 6) is -0.209. The first-order chi connectivity index (χ1) is 8.70. The number of nitrogens with zero attached hydrogens (tertiary/aromatic N) is 3. The SMILES string of the molecule is Cn1nccc1CNC(=O)c1ccc(CN)cn1. The second-order valence-electron chi connectivity index (χ2n) is 3.88. The Labute approximate surface area is 105 Å². The van der Waals surface area contributed by atoms with E-state index in [1.165, 1.54) is 0 Å². The fourth-order valence-electron chi connectivity index (χ4n) is 1.52. The van der Waals surface area contributed by atoms with E-state index in [4.69, 9.17) is 5.73 Å².